The van der Waals surface area contributed by atoms with Crippen molar-refractivity contribution in [3.63, 3.8) is 0 Å². The van der Waals surface area contributed by atoms with Crippen molar-refractivity contribution in [2.24, 2.45) is 11.8 Å². The maximum Gasteiger partial charge on any atom is 0.308 e. The van der Waals surface area contributed by atoms with Gasteiger partial charge in [0.1, 0.15) is 0 Å². The maximum atomic E-state index is 12.4. The van der Waals surface area contributed by atoms with Gasteiger partial charge in [0.05, 0.1) is 12.0 Å². The minimum Gasteiger partial charge on any atom is -0.481 e. The van der Waals surface area contributed by atoms with Crippen molar-refractivity contribution in [3.05, 3.63) is 0 Å². The first-order valence-corrected chi connectivity index (χ1v) is 6.52. The fraction of sp³-hybridized carbons (Fsp3) is 0.846. The van der Waals surface area contributed by atoms with Crippen LogP contribution in [0.5, 0.6) is 0 Å². The van der Waals surface area contributed by atoms with E-state index in [0.29, 0.717) is 19.5 Å². The molecular weight excluding hydrogens is 232 g/mol. The highest BCUT2D eigenvalue weighted by Crippen LogP contribution is 2.20. The molecule has 0 aromatic heterocycles. The molecule has 0 aromatic carbocycles. The summed E-state index contributed by atoms with van der Waals surface area (Å²) in [5, 5.41) is 9.05. The normalized spacial score (nSPS) is 22.3. The lowest BCUT2D eigenvalue weighted by Gasteiger charge is -2.36. The first kappa shape index (κ1) is 15.0. The van der Waals surface area contributed by atoms with Crippen LogP contribution in [-0.4, -0.2) is 60.0 Å². The van der Waals surface area contributed by atoms with E-state index < -0.39 is 11.9 Å². The van der Waals surface area contributed by atoms with E-state index >= 15 is 0 Å². The fourth-order valence-electron chi connectivity index (χ4n) is 2.67. The molecule has 1 saturated heterocycles. The Morgan fingerprint density at radius 1 is 1.33 bits per heavy atom. The van der Waals surface area contributed by atoms with Gasteiger partial charge in [0.15, 0.2) is 0 Å². The third-order valence-corrected chi connectivity index (χ3v) is 3.52. The van der Waals surface area contributed by atoms with Crippen LogP contribution in [0.1, 0.15) is 26.7 Å². The Balaban J connectivity index is 2.73. The second kappa shape index (κ2) is 6.18. The summed E-state index contributed by atoms with van der Waals surface area (Å²) in [7, 11) is 3.78. The molecule has 5 heteroatoms. The number of aliphatic carboxylic acids is 1. The van der Waals surface area contributed by atoms with E-state index in [-0.39, 0.29) is 17.9 Å². The van der Waals surface area contributed by atoms with Crippen LogP contribution in [0.2, 0.25) is 0 Å². The van der Waals surface area contributed by atoms with Gasteiger partial charge in [-0.05, 0) is 32.9 Å². The van der Waals surface area contributed by atoms with Gasteiger partial charge in [-0.3, -0.25) is 14.5 Å². The number of likely N-dealkylation sites (N-methyl/N-ethyl adjacent to an activating group) is 1. The number of hydrogen-bond acceptors (Lipinski definition) is 3. The van der Waals surface area contributed by atoms with Crippen molar-refractivity contribution in [3.8, 4) is 0 Å². The van der Waals surface area contributed by atoms with E-state index in [1.54, 1.807) is 4.90 Å². The first-order chi connectivity index (χ1) is 8.34. The zero-order chi connectivity index (χ0) is 13.9. The summed E-state index contributed by atoms with van der Waals surface area (Å²) in [6.07, 6.45) is 1.45. The van der Waals surface area contributed by atoms with Gasteiger partial charge >= 0.3 is 5.97 Å². The SMILES string of the molecule is CC(C)[C@H](C(=O)N1CCCC(C(=O)O)C1)N(C)C. The third-order valence-electron chi connectivity index (χ3n) is 3.52. The first-order valence-electron chi connectivity index (χ1n) is 6.52. The number of carbonyl (C=O) groups excluding carboxylic acids is 1. The average Bonchev–Trinajstić information content (AvgIpc) is 2.28. The van der Waals surface area contributed by atoms with Crippen LogP contribution < -0.4 is 0 Å². The van der Waals surface area contributed by atoms with Crippen LogP contribution in [0, 0.1) is 11.8 Å². The molecule has 1 heterocycles. The molecule has 1 N–H and O–H groups in total. The van der Waals surface area contributed by atoms with Crippen LogP contribution in [0.4, 0.5) is 0 Å². The lowest BCUT2D eigenvalue weighted by molar-refractivity contribution is -0.147. The summed E-state index contributed by atoms with van der Waals surface area (Å²) in [5.41, 5.74) is 0. The van der Waals surface area contributed by atoms with E-state index in [0.717, 1.165) is 6.42 Å². The highest BCUT2D eigenvalue weighted by Gasteiger charge is 2.33. The molecule has 104 valence electrons. The third kappa shape index (κ3) is 3.45. The molecule has 1 rings (SSSR count). The van der Waals surface area contributed by atoms with E-state index in [9.17, 15) is 9.59 Å². The van der Waals surface area contributed by atoms with Crippen molar-refractivity contribution in [2.45, 2.75) is 32.7 Å². The highest BCUT2D eigenvalue weighted by molar-refractivity contribution is 5.83. The summed E-state index contributed by atoms with van der Waals surface area (Å²) in [6, 6.07) is -0.169. The van der Waals surface area contributed by atoms with Gasteiger partial charge in [-0.2, -0.15) is 0 Å². The molecule has 2 atom stereocenters. The van der Waals surface area contributed by atoms with Gasteiger partial charge in [-0.15, -0.1) is 0 Å². The van der Waals surface area contributed by atoms with E-state index in [2.05, 4.69) is 0 Å². The Kier molecular flexibility index (Phi) is 5.14. The van der Waals surface area contributed by atoms with E-state index in [1.807, 2.05) is 32.8 Å². The minimum atomic E-state index is -0.793. The lowest BCUT2D eigenvalue weighted by Crippen LogP contribution is -2.52. The van der Waals surface area contributed by atoms with Gasteiger partial charge in [0.2, 0.25) is 5.91 Å². The largest absolute Gasteiger partial charge is 0.481 e. The van der Waals surface area contributed by atoms with Crippen molar-refractivity contribution in [1.82, 2.24) is 9.80 Å². The Morgan fingerprint density at radius 3 is 2.39 bits per heavy atom. The molecule has 1 aliphatic rings. The van der Waals surface area contributed by atoms with Crippen LogP contribution in [0.3, 0.4) is 0 Å². The Bertz CT molecular complexity index is 307. The molecule has 0 saturated carbocycles. The van der Waals surface area contributed by atoms with E-state index in [1.165, 1.54) is 0 Å². The van der Waals surface area contributed by atoms with Crippen LogP contribution in [0.15, 0.2) is 0 Å². The molecule has 1 amide bonds. The minimum absolute atomic E-state index is 0.0564. The molecule has 1 fully saturated rings. The Hall–Kier alpha value is -1.10. The Labute approximate surface area is 109 Å². The fourth-order valence-corrected chi connectivity index (χ4v) is 2.67. The molecule has 1 unspecified atom stereocenters. The summed E-state index contributed by atoms with van der Waals surface area (Å²) in [6.45, 7) is 5.06. The zero-order valence-corrected chi connectivity index (χ0v) is 11.7. The van der Waals surface area contributed by atoms with Crippen LogP contribution in [0.25, 0.3) is 0 Å². The number of carbonyl (C=O) groups is 2. The maximum absolute atomic E-state index is 12.4. The van der Waals surface area contributed by atoms with Crippen molar-refractivity contribution >= 4 is 11.9 Å². The number of carboxylic acids is 1. The molecule has 0 radical (unpaired) electrons. The van der Waals surface area contributed by atoms with Crippen molar-refractivity contribution < 1.29 is 14.7 Å². The molecular formula is C13H24N2O3. The summed E-state index contributed by atoms with van der Waals surface area (Å²) < 4.78 is 0. The number of carboxylic acid groups (broad SMARTS) is 1. The molecule has 0 spiro atoms. The zero-order valence-electron chi connectivity index (χ0n) is 11.7. The number of nitrogens with zero attached hydrogens (tertiary/aromatic N) is 2. The van der Waals surface area contributed by atoms with Gasteiger partial charge in [0.25, 0.3) is 0 Å². The number of rotatable bonds is 4. The van der Waals surface area contributed by atoms with Crippen LogP contribution >= 0.6 is 0 Å². The van der Waals surface area contributed by atoms with Gasteiger partial charge in [0, 0.05) is 13.1 Å². The number of hydrogen-bond donors (Lipinski definition) is 1. The summed E-state index contributed by atoms with van der Waals surface area (Å²) >= 11 is 0. The van der Waals surface area contributed by atoms with Gasteiger partial charge in [-0.25, -0.2) is 0 Å². The average molecular weight is 256 g/mol. The predicted octanol–water partition coefficient (Wildman–Crippen LogP) is 0.896. The van der Waals surface area contributed by atoms with Crippen molar-refractivity contribution in [1.29, 1.82) is 0 Å². The second-order valence-electron chi connectivity index (χ2n) is 5.61. The molecule has 18 heavy (non-hydrogen) atoms. The quantitative estimate of drug-likeness (QED) is 0.811. The van der Waals surface area contributed by atoms with Crippen molar-refractivity contribution in [2.75, 3.05) is 27.2 Å². The lowest BCUT2D eigenvalue weighted by atomic mass is 9.95. The molecule has 0 aliphatic carbocycles. The monoisotopic (exact) mass is 256 g/mol. The molecule has 5 nitrogen and oxygen atoms in total. The van der Waals surface area contributed by atoms with Gasteiger partial charge in [-0.1, -0.05) is 13.8 Å². The highest BCUT2D eigenvalue weighted by atomic mass is 16.4. The van der Waals surface area contributed by atoms with Gasteiger partial charge < -0.3 is 10.0 Å². The topological polar surface area (TPSA) is 60.9 Å². The summed E-state index contributed by atoms with van der Waals surface area (Å²) in [4.78, 5) is 27.1. The number of amides is 1. The second-order valence-corrected chi connectivity index (χ2v) is 5.61. The number of likely N-dealkylation sites (tertiary alicyclic amines) is 1. The van der Waals surface area contributed by atoms with E-state index in [4.69, 9.17) is 5.11 Å². The molecule has 0 aromatic rings. The standard InChI is InChI=1S/C13H24N2O3/c1-9(2)11(14(3)4)12(16)15-7-5-6-10(8-15)13(17)18/h9-11H,5-8H2,1-4H3,(H,17,18)/t10?,11-/m1/s1. The smallest absolute Gasteiger partial charge is 0.308 e. The predicted molar refractivity (Wildman–Crippen MR) is 69.3 cm³/mol. The molecule has 1 aliphatic heterocycles. The number of piperidine rings is 1. The van der Waals surface area contributed by atoms with Crippen LogP contribution in [-0.2, 0) is 9.59 Å². The summed E-state index contributed by atoms with van der Waals surface area (Å²) in [5.74, 6) is -0.922. The molecule has 0 bridgehead atoms. The Morgan fingerprint density at radius 2 is 1.94 bits per heavy atom.